The van der Waals surface area contributed by atoms with Crippen LogP contribution in [0, 0.1) is 0 Å². The summed E-state index contributed by atoms with van der Waals surface area (Å²) in [6.07, 6.45) is -11.2. The molecule has 0 unspecified atom stereocenters. The summed E-state index contributed by atoms with van der Waals surface area (Å²) in [5.74, 6) is -17.7. The van der Waals surface area contributed by atoms with Crippen LogP contribution in [0.3, 0.4) is 0 Å². The van der Waals surface area contributed by atoms with Crippen molar-refractivity contribution in [2.24, 2.45) is 0 Å². The van der Waals surface area contributed by atoms with Crippen LogP contribution in [0.15, 0.2) is 0 Å². The summed E-state index contributed by atoms with van der Waals surface area (Å²) < 4.78 is 194. The summed E-state index contributed by atoms with van der Waals surface area (Å²) in [6.45, 7) is -3.52. The Balaban J connectivity index is 6.24. The molecule has 0 aliphatic carbocycles. The summed E-state index contributed by atoms with van der Waals surface area (Å²) in [5, 5.41) is 0. The van der Waals surface area contributed by atoms with Crippen molar-refractivity contribution in [2.75, 3.05) is 77.2 Å². The smallest absolute Gasteiger partial charge is 0.377 e. The first-order chi connectivity index (χ1) is 24.3. The molecule has 0 spiro atoms. The van der Waals surface area contributed by atoms with Gasteiger partial charge in [0, 0.05) is 95.7 Å². The number of alkyl halides is 10. The molecule has 320 valence electrons. The molecule has 0 bridgehead atoms. The minimum absolute atomic E-state index is 0.0369. The minimum Gasteiger partial charge on any atom is -0.377 e. The van der Waals surface area contributed by atoms with Crippen molar-refractivity contribution in [3.8, 4) is 0 Å². The molecule has 0 radical (unpaired) electrons. The van der Waals surface area contributed by atoms with Crippen LogP contribution in [0.2, 0.25) is 42.3 Å². The first-order valence-electron chi connectivity index (χ1n) is 16.5. The molecular weight excluding hydrogens is 815 g/mol. The summed E-state index contributed by atoms with van der Waals surface area (Å²) in [4.78, 5) is 0. The van der Waals surface area contributed by atoms with Gasteiger partial charge in [-0.15, -0.1) is 0 Å². The fourth-order valence-electron chi connectivity index (χ4n) is 5.85. The lowest BCUT2D eigenvalue weighted by Crippen LogP contribution is -2.59. The van der Waals surface area contributed by atoms with E-state index in [1.807, 2.05) is 0 Å². The van der Waals surface area contributed by atoms with Crippen molar-refractivity contribution in [1.82, 2.24) is 0 Å². The van der Waals surface area contributed by atoms with Gasteiger partial charge in [0.05, 0.1) is 8.07 Å². The molecule has 0 aromatic rings. The van der Waals surface area contributed by atoms with Gasteiger partial charge in [-0.1, -0.05) is 43.4 Å². The van der Waals surface area contributed by atoms with Crippen LogP contribution >= 0.6 is 0 Å². The van der Waals surface area contributed by atoms with Gasteiger partial charge in [-0.25, -0.2) is 4.74 Å². The SMILES string of the molecule is CO[Si](CCC[Si](CCCOCC(F)(F)C(F)(F)OC(F)(F)C(F)(F)C(C)(F)F)(CCC[Si](OC)(OC)OC)CCC[Si](OC)(OC)OC)(OC)OC. The normalized spacial score (nSPS) is 14.7. The topological polar surface area (TPSA) is 102 Å². The Labute approximate surface area is 309 Å². The van der Waals surface area contributed by atoms with E-state index < -0.39 is 84.6 Å². The zero-order chi connectivity index (χ0) is 41.5. The molecule has 0 heterocycles. The quantitative estimate of drug-likeness (QED) is 0.0377. The van der Waals surface area contributed by atoms with Crippen LogP contribution in [0.5, 0.6) is 0 Å². The maximum absolute atomic E-state index is 14.4. The van der Waals surface area contributed by atoms with E-state index in [1.165, 1.54) is 64.0 Å². The molecule has 0 saturated heterocycles. The van der Waals surface area contributed by atoms with E-state index in [-0.39, 0.29) is 6.42 Å². The van der Waals surface area contributed by atoms with Crippen LogP contribution in [0.1, 0.15) is 32.6 Å². The Morgan fingerprint density at radius 2 is 0.717 bits per heavy atom. The van der Waals surface area contributed by atoms with E-state index in [2.05, 4.69) is 4.74 Å². The predicted octanol–water partition coefficient (Wildman–Crippen LogP) is 7.77. The molecule has 53 heavy (non-hydrogen) atoms. The molecule has 0 N–H and O–H groups in total. The van der Waals surface area contributed by atoms with Crippen LogP contribution in [-0.4, -0.2) is 142 Å². The Bertz CT molecular complexity index is 935. The third kappa shape index (κ3) is 14.6. The Morgan fingerprint density at radius 3 is 1.00 bits per heavy atom. The molecule has 0 aliphatic rings. The zero-order valence-electron chi connectivity index (χ0n) is 32.0. The van der Waals surface area contributed by atoms with Gasteiger partial charge < -0.3 is 44.6 Å². The highest BCUT2D eigenvalue weighted by Gasteiger charge is 2.75. The van der Waals surface area contributed by atoms with Gasteiger partial charge in [0.2, 0.25) is 0 Å². The van der Waals surface area contributed by atoms with Crippen molar-refractivity contribution in [2.45, 2.75) is 105 Å². The second-order valence-corrected chi connectivity index (χ2v) is 26.7. The summed E-state index contributed by atoms with van der Waals surface area (Å²) >= 11 is 0. The first kappa shape index (κ1) is 52.7. The minimum atomic E-state index is -6.66. The van der Waals surface area contributed by atoms with Gasteiger partial charge in [-0.2, -0.15) is 43.9 Å². The Morgan fingerprint density at radius 1 is 0.415 bits per heavy atom. The molecule has 0 aromatic heterocycles. The highest BCUT2D eigenvalue weighted by Crippen LogP contribution is 2.50. The first-order valence-corrected chi connectivity index (χ1v) is 25.1. The van der Waals surface area contributed by atoms with Crippen LogP contribution in [0.4, 0.5) is 43.9 Å². The maximum atomic E-state index is 14.4. The third-order valence-electron chi connectivity index (χ3n) is 9.25. The van der Waals surface area contributed by atoms with Crippen LogP contribution in [0.25, 0.3) is 0 Å². The molecular formula is C28H56F10O11Si4. The fraction of sp³-hybridized carbons (Fsp3) is 1.00. The summed E-state index contributed by atoms with van der Waals surface area (Å²) in [7, 11) is 1.60. The molecule has 25 heteroatoms. The monoisotopic (exact) mass is 870 g/mol. The lowest BCUT2D eigenvalue weighted by Gasteiger charge is -2.36. The van der Waals surface area contributed by atoms with E-state index in [1.54, 1.807) is 0 Å². The number of hydrogen-bond donors (Lipinski definition) is 0. The average molecular weight is 871 g/mol. The van der Waals surface area contributed by atoms with Gasteiger partial charge >= 0.3 is 56.4 Å². The Kier molecular flexibility index (Phi) is 21.9. The molecule has 11 nitrogen and oxygen atoms in total. The zero-order valence-corrected chi connectivity index (χ0v) is 36.0. The van der Waals surface area contributed by atoms with E-state index in [0.29, 0.717) is 61.6 Å². The highest BCUT2D eigenvalue weighted by atomic mass is 28.4. The maximum Gasteiger partial charge on any atom is 0.500 e. The Hall–Kier alpha value is -0.272. The van der Waals surface area contributed by atoms with Crippen LogP contribution < -0.4 is 0 Å². The van der Waals surface area contributed by atoms with Crippen molar-refractivity contribution in [3.05, 3.63) is 0 Å². The number of halogens is 10. The molecule has 0 aromatic carbocycles. The van der Waals surface area contributed by atoms with Crippen molar-refractivity contribution in [1.29, 1.82) is 0 Å². The van der Waals surface area contributed by atoms with Gasteiger partial charge in [0.1, 0.15) is 6.61 Å². The van der Waals surface area contributed by atoms with Gasteiger partial charge in [0.15, 0.2) is 0 Å². The largest absolute Gasteiger partial charge is 0.500 e. The highest BCUT2D eigenvalue weighted by molar-refractivity contribution is 6.80. The lowest BCUT2D eigenvalue weighted by molar-refractivity contribution is -0.486. The van der Waals surface area contributed by atoms with Gasteiger partial charge in [-0.3, -0.25) is 0 Å². The van der Waals surface area contributed by atoms with E-state index in [4.69, 9.17) is 44.6 Å². The van der Waals surface area contributed by atoms with Gasteiger partial charge in [0.25, 0.3) is 0 Å². The number of ether oxygens (including phenoxy) is 2. The van der Waals surface area contributed by atoms with E-state index >= 15 is 0 Å². The molecule has 0 rings (SSSR count). The molecule has 0 atom stereocenters. The second-order valence-electron chi connectivity index (χ2n) is 12.4. The number of rotatable bonds is 32. The average Bonchev–Trinajstić information content (AvgIpc) is 3.10. The molecule has 0 saturated carbocycles. The summed E-state index contributed by atoms with van der Waals surface area (Å²) in [5.41, 5.74) is 0. The van der Waals surface area contributed by atoms with Gasteiger partial charge in [-0.05, 0) is 6.42 Å². The fourth-order valence-corrected chi connectivity index (χ4v) is 17.2. The third-order valence-corrected chi connectivity index (χ3v) is 23.4. The standard InChI is InChI=1S/C28H56F10O11Si4/c1-24(29,30)26(33,34)28(37,38)49-27(35,36)25(31,32)23-48-15-11-16-50(17-12-20-51(39-2,40-3)41-4,18-13-21-52(42-5,43-6)44-7)19-14-22-53(45-8,46-9)47-10/h11-23H2,1-10H3. The molecule has 0 aliphatic heterocycles. The molecule has 0 fully saturated rings. The van der Waals surface area contributed by atoms with Crippen LogP contribution in [-0.2, 0) is 49.3 Å². The van der Waals surface area contributed by atoms with Crippen molar-refractivity contribution < 1.29 is 93.2 Å². The predicted molar refractivity (Wildman–Crippen MR) is 181 cm³/mol. The van der Waals surface area contributed by atoms with E-state index in [9.17, 15) is 43.9 Å². The lowest BCUT2D eigenvalue weighted by atomic mass is 10.2. The van der Waals surface area contributed by atoms with Crippen molar-refractivity contribution >= 4 is 34.5 Å². The van der Waals surface area contributed by atoms with Crippen molar-refractivity contribution in [3.63, 3.8) is 0 Å². The second kappa shape index (κ2) is 22.0. The summed E-state index contributed by atoms with van der Waals surface area (Å²) in [6, 6.07) is 3.58. The molecule has 0 amide bonds. The van der Waals surface area contributed by atoms with E-state index in [0.717, 1.165) is 0 Å². The number of hydrogen-bond acceptors (Lipinski definition) is 11.